The second-order valence-corrected chi connectivity index (χ2v) is 0. The van der Waals surface area contributed by atoms with E-state index in [1.807, 2.05) is 0 Å². The first kappa shape index (κ1) is 24.4. The Labute approximate surface area is 123 Å². The van der Waals surface area contributed by atoms with Crippen molar-refractivity contribution in [2.45, 2.75) is 0 Å². The second-order valence-electron chi connectivity index (χ2n) is 0. The normalized spacial score (nSPS) is 0. The largest absolute Gasteiger partial charge is 1.00 e. The van der Waals surface area contributed by atoms with Gasteiger partial charge in [-0.2, -0.15) is 0 Å². The van der Waals surface area contributed by atoms with Crippen LogP contribution in [0, 0.1) is 0 Å². The molecule has 0 fully saturated rings. The topological polar surface area (TPSA) is 0 Å². The predicted octanol–water partition coefficient (Wildman–Crippen LogP) is -6.95. The minimum absolute atomic E-state index is 0. The molecular weight excluding hydrogens is 134 g/mol. The SMILES string of the molecule is [AlH3].[H-].[H-].[K+].[Na+].[Sc]. The third-order valence-electron chi connectivity index (χ3n) is 0. The van der Waals surface area contributed by atoms with Gasteiger partial charge in [-0.3, -0.25) is 0 Å². The molecular formula is H5AlKNaSc. The molecule has 0 aromatic heterocycles. The van der Waals surface area contributed by atoms with Gasteiger partial charge in [-0.15, -0.1) is 0 Å². The maximum Gasteiger partial charge on any atom is 1.00 e. The molecule has 0 heterocycles. The average molecular weight is 139 g/mol. The second kappa shape index (κ2) is 15.7. The van der Waals surface area contributed by atoms with Crippen LogP contribution in [0.1, 0.15) is 2.85 Å². The van der Waals surface area contributed by atoms with Crippen molar-refractivity contribution in [3.8, 4) is 0 Å². The summed E-state index contributed by atoms with van der Waals surface area (Å²) in [6.45, 7) is 0. The standard InChI is InChI=1S/Al.K.Na.Sc.5H/q;2*+1;;;;;2*-1. The van der Waals surface area contributed by atoms with Gasteiger partial charge in [0.05, 0.1) is 0 Å². The predicted molar refractivity (Wildman–Crippen MR) is 12.2 cm³/mol. The van der Waals surface area contributed by atoms with Gasteiger partial charge >= 0.3 is 80.9 Å². The Morgan fingerprint density at radius 3 is 1.25 bits per heavy atom. The summed E-state index contributed by atoms with van der Waals surface area (Å²) >= 11 is 0. The van der Waals surface area contributed by atoms with Crippen molar-refractivity contribution in [3.05, 3.63) is 0 Å². The fourth-order valence-electron chi connectivity index (χ4n) is 0. The molecule has 0 aromatic rings. The average Bonchev–Trinajstić information content (AvgIpc) is 0. The van der Waals surface area contributed by atoms with Gasteiger partial charge in [-0.05, 0) is 0 Å². The van der Waals surface area contributed by atoms with E-state index in [2.05, 4.69) is 0 Å². The van der Waals surface area contributed by atoms with Crippen LogP contribution >= 0.6 is 0 Å². The Hall–Kier alpha value is 4.04. The van der Waals surface area contributed by atoms with E-state index in [9.17, 15) is 0 Å². The summed E-state index contributed by atoms with van der Waals surface area (Å²) in [5.41, 5.74) is 0. The van der Waals surface area contributed by atoms with Crippen LogP contribution in [0.25, 0.3) is 0 Å². The molecule has 0 spiro atoms. The zero-order chi connectivity index (χ0) is 0. The molecule has 0 atom stereocenters. The Morgan fingerprint density at radius 2 is 1.25 bits per heavy atom. The van der Waals surface area contributed by atoms with Crippen LogP contribution in [-0.2, 0) is 25.8 Å². The van der Waals surface area contributed by atoms with Gasteiger partial charge in [0.1, 0.15) is 0 Å². The van der Waals surface area contributed by atoms with Crippen molar-refractivity contribution in [2.24, 2.45) is 0 Å². The molecule has 0 aliphatic carbocycles. The van der Waals surface area contributed by atoms with E-state index in [4.69, 9.17) is 0 Å². The Bertz CT molecular complexity index is 13.5. The van der Waals surface area contributed by atoms with Crippen LogP contribution in [0.5, 0.6) is 0 Å². The van der Waals surface area contributed by atoms with Crippen LogP contribution in [0.3, 0.4) is 0 Å². The fraction of sp³-hybridized carbons (Fsp3) is 0. The minimum atomic E-state index is 0. The van der Waals surface area contributed by atoms with Crippen LogP contribution < -0.4 is 80.9 Å². The summed E-state index contributed by atoms with van der Waals surface area (Å²) in [5, 5.41) is 0. The van der Waals surface area contributed by atoms with Crippen LogP contribution in [0.4, 0.5) is 0 Å². The first-order valence-electron chi connectivity index (χ1n) is 0. The summed E-state index contributed by atoms with van der Waals surface area (Å²) in [4.78, 5) is 0. The molecule has 0 N–H and O–H groups in total. The third kappa shape index (κ3) is 9.40. The van der Waals surface area contributed by atoms with Crippen molar-refractivity contribution in [1.29, 1.82) is 0 Å². The molecule has 0 aliphatic rings. The molecule has 0 aromatic carbocycles. The van der Waals surface area contributed by atoms with Gasteiger partial charge < -0.3 is 2.85 Å². The van der Waals surface area contributed by atoms with Crippen molar-refractivity contribution in [3.63, 3.8) is 0 Å². The first-order chi connectivity index (χ1) is 0. The van der Waals surface area contributed by atoms with E-state index in [1.165, 1.54) is 0 Å². The van der Waals surface area contributed by atoms with Gasteiger partial charge in [0.2, 0.25) is 0 Å². The van der Waals surface area contributed by atoms with Crippen molar-refractivity contribution >= 4 is 17.4 Å². The summed E-state index contributed by atoms with van der Waals surface area (Å²) in [6.07, 6.45) is 0. The van der Waals surface area contributed by atoms with Gasteiger partial charge in [-0.25, -0.2) is 0 Å². The zero-order valence-corrected chi connectivity index (χ0v) is 9.50. The van der Waals surface area contributed by atoms with E-state index < -0.39 is 0 Å². The van der Waals surface area contributed by atoms with Crippen molar-refractivity contribution in [1.82, 2.24) is 0 Å². The van der Waals surface area contributed by atoms with Crippen molar-refractivity contribution in [2.75, 3.05) is 0 Å². The van der Waals surface area contributed by atoms with Gasteiger partial charge in [-0.1, -0.05) is 0 Å². The number of hydrogen-bond acceptors (Lipinski definition) is 0. The van der Waals surface area contributed by atoms with E-state index in [0.29, 0.717) is 0 Å². The Morgan fingerprint density at radius 1 is 1.25 bits per heavy atom. The van der Waals surface area contributed by atoms with E-state index in [-0.39, 0.29) is 127 Å². The summed E-state index contributed by atoms with van der Waals surface area (Å²) < 4.78 is 0. The Kier molecular flexibility index (Phi) is 96.1. The molecule has 0 rings (SSSR count). The molecule has 0 bridgehead atoms. The monoisotopic (exact) mass is 139 g/mol. The van der Waals surface area contributed by atoms with E-state index >= 15 is 0 Å². The van der Waals surface area contributed by atoms with Gasteiger partial charge in [0.15, 0.2) is 17.4 Å². The van der Waals surface area contributed by atoms with Crippen LogP contribution in [0.2, 0.25) is 0 Å². The summed E-state index contributed by atoms with van der Waals surface area (Å²) in [6, 6.07) is 0. The molecule has 0 saturated heterocycles. The molecule has 0 aliphatic heterocycles. The maximum absolute atomic E-state index is 0. The van der Waals surface area contributed by atoms with Crippen LogP contribution in [0.15, 0.2) is 0 Å². The number of rotatable bonds is 0. The quantitative estimate of drug-likeness (QED) is 0.293. The molecule has 4 heteroatoms. The number of hydrogen-bond donors (Lipinski definition) is 0. The van der Waals surface area contributed by atoms with Crippen LogP contribution in [-0.4, -0.2) is 17.4 Å². The third-order valence-corrected chi connectivity index (χ3v) is 0. The zero-order valence-electron chi connectivity index (χ0n) is 4.58. The molecule has 4 heavy (non-hydrogen) atoms. The van der Waals surface area contributed by atoms with Gasteiger partial charge in [0, 0.05) is 25.8 Å². The smallest absolute Gasteiger partial charge is 1.00 e. The fourth-order valence-corrected chi connectivity index (χ4v) is 0. The molecule has 0 amide bonds. The molecule has 13 valence electrons. The van der Waals surface area contributed by atoms with E-state index in [0.717, 1.165) is 0 Å². The van der Waals surface area contributed by atoms with Gasteiger partial charge in [0.25, 0.3) is 0 Å². The molecule has 0 saturated carbocycles. The maximum atomic E-state index is 0. The molecule has 0 unspecified atom stereocenters. The molecule has 0 nitrogen and oxygen atoms in total. The summed E-state index contributed by atoms with van der Waals surface area (Å²) in [7, 11) is 0. The van der Waals surface area contributed by atoms with Crippen molar-refractivity contribution < 1.29 is 110 Å². The summed E-state index contributed by atoms with van der Waals surface area (Å²) in [5.74, 6) is 0. The van der Waals surface area contributed by atoms with E-state index in [1.54, 1.807) is 0 Å². The molecule has 1 radical (unpaired) electrons. The Balaban J connectivity index is 0. The first-order valence-corrected chi connectivity index (χ1v) is 0. The minimum Gasteiger partial charge on any atom is -1.00 e.